The lowest BCUT2D eigenvalue weighted by molar-refractivity contribution is 0.0273. The first-order valence-electron chi connectivity index (χ1n) is 9.73. The van der Waals surface area contributed by atoms with Crippen LogP contribution < -0.4 is 4.74 Å². The van der Waals surface area contributed by atoms with Crippen LogP contribution in [-0.4, -0.2) is 51.6 Å². The summed E-state index contributed by atoms with van der Waals surface area (Å²) in [7, 11) is 0. The van der Waals surface area contributed by atoms with Gasteiger partial charge in [0.15, 0.2) is 17.5 Å². The largest absolute Gasteiger partial charge is 0.456 e. The van der Waals surface area contributed by atoms with E-state index in [2.05, 4.69) is 20.1 Å². The average molecular weight is 425 g/mol. The van der Waals surface area contributed by atoms with E-state index in [9.17, 15) is 0 Å². The van der Waals surface area contributed by atoms with Gasteiger partial charge < -0.3 is 23.7 Å². The van der Waals surface area contributed by atoms with Crippen molar-refractivity contribution < 1.29 is 18.7 Å². The molecule has 0 bridgehead atoms. The van der Waals surface area contributed by atoms with Crippen LogP contribution in [0.1, 0.15) is 6.42 Å². The highest BCUT2D eigenvalue weighted by atomic mass is 35.5. The third-order valence-electron chi connectivity index (χ3n) is 5.40. The smallest absolute Gasteiger partial charge is 0.296 e. The van der Waals surface area contributed by atoms with Crippen molar-refractivity contribution in [1.82, 2.24) is 20.1 Å². The Morgan fingerprint density at radius 2 is 2.00 bits per heavy atom. The second-order valence-electron chi connectivity index (χ2n) is 7.33. The van der Waals surface area contributed by atoms with Crippen molar-refractivity contribution >= 4 is 22.8 Å². The minimum atomic E-state index is -0.198. The maximum atomic E-state index is 6.47. The van der Waals surface area contributed by atoms with Crippen molar-refractivity contribution in [2.24, 2.45) is 0 Å². The number of nitrogens with one attached hydrogen (secondary N) is 1. The zero-order valence-corrected chi connectivity index (χ0v) is 16.5. The fraction of sp³-hybridized carbons (Fsp3) is 0.286. The quantitative estimate of drug-likeness (QED) is 0.531. The van der Waals surface area contributed by atoms with Crippen molar-refractivity contribution in [2.75, 3.05) is 13.2 Å². The van der Waals surface area contributed by atoms with E-state index in [1.54, 1.807) is 6.07 Å². The molecule has 0 amide bonds. The highest BCUT2D eigenvalue weighted by Crippen LogP contribution is 2.33. The van der Waals surface area contributed by atoms with Gasteiger partial charge in [-0.2, -0.15) is 4.98 Å². The Morgan fingerprint density at radius 1 is 1.10 bits per heavy atom. The van der Waals surface area contributed by atoms with Crippen molar-refractivity contribution in [1.29, 1.82) is 0 Å². The number of aromatic nitrogens is 4. The molecule has 1 aromatic carbocycles. The number of pyridine rings is 1. The van der Waals surface area contributed by atoms with E-state index in [0.717, 1.165) is 12.0 Å². The lowest BCUT2D eigenvalue weighted by atomic mass is 10.1. The third-order valence-corrected chi connectivity index (χ3v) is 5.69. The highest BCUT2D eigenvalue weighted by Gasteiger charge is 2.43. The average Bonchev–Trinajstić information content (AvgIpc) is 3.53. The number of imidazole rings is 1. The van der Waals surface area contributed by atoms with Crippen LogP contribution in [0.2, 0.25) is 5.02 Å². The standard InChI is InChI=1S/C21H17ClN4O4/c22-12-8-14-20(25-21(23-14)29-17-10-28-15-6-7-27-19(15)17)24-18(12)16-9-13(26-30-16)11-4-2-1-3-5-11/h1-5,8-9,15,17,19H,6-7,10H2,(H,23,24,25)/t15-,17?,19+/m1/s1. The normalized spacial score (nSPS) is 23.2. The van der Waals surface area contributed by atoms with Gasteiger partial charge in [-0.1, -0.05) is 47.1 Å². The van der Waals surface area contributed by atoms with E-state index in [-0.39, 0.29) is 18.3 Å². The second kappa shape index (κ2) is 7.09. The maximum Gasteiger partial charge on any atom is 0.296 e. The summed E-state index contributed by atoms with van der Waals surface area (Å²) in [5.41, 5.74) is 3.28. The molecule has 9 heteroatoms. The van der Waals surface area contributed by atoms with E-state index in [1.165, 1.54) is 0 Å². The number of nitrogens with zero attached hydrogens (tertiary/aromatic N) is 3. The summed E-state index contributed by atoms with van der Waals surface area (Å²) in [6.07, 6.45) is 0.739. The maximum absolute atomic E-state index is 6.47. The Kier molecular flexibility index (Phi) is 4.22. The van der Waals surface area contributed by atoms with E-state index in [1.807, 2.05) is 36.4 Å². The molecule has 152 valence electrons. The third kappa shape index (κ3) is 3.04. The molecule has 2 aliphatic rings. The number of H-pyrrole nitrogens is 1. The summed E-state index contributed by atoms with van der Waals surface area (Å²) >= 11 is 6.47. The molecule has 0 aliphatic carbocycles. The molecule has 0 spiro atoms. The van der Waals surface area contributed by atoms with E-state index in [0.29, 0.717) is 52.6 Å². The Hall–Kier alpha value is -2.94. The molecule has 5 heterocycles. The van der Waals surface area contributed by atoms with Gasteiger partial charge in [0.05, 0.1) is 23.3 Å². The summed E-state index contributed by atoms with van der Waals surface area (Å²) in [5.74, 6) is 0.470. The highest BCUT2D eigenvalue weighted by molar-refractivity contribution is 6.33. The number of rotatable bonds is 4. The summed E-state index contributed by atoms with van der Waals surface area (Å²) < 4.78 is 22.9. The molecule has 3 aromatic heterocycles. The van der Waals surface area contributed by atoms with Crippen molar-refractivity contribution in [2.45, 2.75) is 24.7 Å². The van der Waals surface area contributed by atoms with Crippen LogP contribution in [0.4, 0.5) is 0 Å². The second-order valence-corrected chi connectivity index (χ2v) is 7.73. The Balaban J connectivity index is 1.29. The number of ether oxygens (including phenoxy) is 3. The molecule has 2 saturated heterocycles. The van der Waals surface area contributed by atoms with Gasteiger partial charge in [0.2, 0.25) is 0 Å². The number of halogens is 1. The van der Waals surface area contributed by atoms with Gasteiger partial charge in [0, 0.05) is 18.2 Å². The van der Waals surface area contributed by atoms with Crippen molar-refractivity contribution in [3.63, 3.8) is 0 Å². The predicted molar refractivity (Wildman–Crippen MR) is 108 cm³/mol. The molecule has 30 heavy (non-hydrogen) atoms. The van der Waals surface area contributed by atoms with Crippen LogP contribution in [0.25, 0.3) is 33.9 Å². The Bertz CT molecular complexity index is 1210. The van der Waals surface area contributed by atoms with E-state index >= 15 is 0 Å². The zero-order chi connectivity index (χ0) is 20.1. The number of hydrogen-bond donors (Lipinski definition) is 1. The molecule has 3 atom stereocenters. The van der Waals surface area contributed by atoms with Crippen LogP contribution >= 0.6 is 11.6 Å². The topological polar surface area (TPSA) is 95.3 Å². The van der Waals surface area contributed by atoms with Crippen molar-refractivity contribution in [3.8, 4) is 28.7 Å². The van der Waals surface area contributed by atoms with Crippen LogP contribution in [-0.2, 0) is 9.47 Å². The molecule has 1 N–H and O–H groups in total. The Morgan fingerprint density at radius 3 is 2.90 bits per heavy atom. The summed E-state index contributed by atoms with van der Waals surface area (Å²) in [5, 5.41) is 4.56. The SMILES string of the molecule is Clc1cc2[nH]c(OC3CO[C@@H]4CCO[C@H]34)nc2nc1-c1cc(-c2ccccc2)no1. The van der Waals surface area contributed by atoms with Gasteiger partial charge in [0.1, 0.15) is 17.5 Å². The van der Waals surface area contributed by atoms with Crippen LogP contribution in [0, 0.1) is 0 Å². The van der Waals surface area contributed by atoms with Crippen LogP contribution in [0.5, 0.6) is 6.01 Å². The van der Waals surface area contributed by atoms with E-state index in [4.69, 9.17) is 30.3 Å². The number of fused-ring (bicyclic) bond motifs is 2. The lowest BCUT2D eigenvalue weighted by Crippen LogP contribution is -2.32. The molecular weight excluding hydrogens is 408 g/mol. The molecule has 2 fully saturated rings. The molecule has 8 nitrogen and oxygen atoms in total. The Labute approximate surface area is 176 Å². The first-order valence-corrected chi connectivity index (χ1v) is 10.1. The van der Waals surface area contributed by atoms with Crippen molar-refractivity contribution in [3.05, 3.63) is 47.5 Å². The van der Waals surface area contributed by atoms with E-state index < -0.39 is 0 Å². The van der Waals surface area contributed by atoms with Crippen LogP contribution in [0.15, 0.2) is 47.0 Å². The molecular formula is C21H17ClN4O4. The van der Waals surface area contributed by atoms with Gasteiger partial charge in [0.25, 0.3) is 6.01 Å². The molecule has 0 radical (unpaired) electrons. The van der Waals surface area contributed by atoms with Gasteiger partial charge in [-0.3, -0.25) is 0 Å². The molecule has 2 aliphatic heterocycles. The molecule has 6 rings (SSSR count). The monoisotopic (exact) mass is 424 g/mol. The summed E-state index contributed by atoms with van der Waals surface area (Å²) in [4.78, 5) is 12.1. The minimum absolute atomic E-state index is 0.0593. The van der Waals surface area contributed by atoms with Gasteiger partial charge in [-0.15, -0.1) is 0 Å². The first kappa shape index (κ1) is 17.9. The zero-order valence-electron chi connectivity index (χ0n) is 15.7. The van der Waals surface area contributed by atoms with Gasteiger partial charge in [-0.05, 0) is 12.5 Å². The van der Waals surface area contributed by atoms with Gasteiger partial charge in [-0.25, -0.2) is 4.98 Å². The predicted octanol–water partition coefficient (Wildman–Crippen LogP) is 3.87. The summed E-state index contributed by atoms with van der Waals surface area (Å²) in [6, 6.07) is 13.7. The number of benzene rings is 1. The number of hydrogen-bond acceptors (Lipinski definition) is 7. The first-order chi connectivity index (χ1) is 14.7. The van der Waals surface area contributed by atoms with Gasteiger partial charge >= 0.3 is 0 Å². The molecule has 0 saturated carbocycles. The fourth-order valence-electron chi connectivity index (χ4n) is 3.93. The fourth-order valence-corrected chi connectivity index (χ4v) is 4.18. The lowest BCUT2D eigenvalue weighted by Gasteiger charge is -2.15. The summed E-state index contributed by atoms with van der Waals surface area (Å²) in [6.45, 7) is 1.17. The molecule has 4 aromatic rings. The minimum Gasteiger partial charge on any atom is -0.456 e. The van der Waals surface area contributed by atoms with Crippen LogP contribution in [0.3, 0.4) is 0 Å². The number of aromatic amines is 1. The molecule has 1 unspecified atom stereocenters.